The molecule has 1 saturated heterocycles. The molecular weight excluding hydrogens is 214 g/mol. The van der Waals surface area contributed by atoms with Crippen molar-refractivity contribution in [3.8, 4) is 0 Å². The molecule has 0 aromatic carbocycles. The second-order valence-electron chi connectivity index (χ2n) is 5.48. The van der Waals surface area contributed by atoms with Crippen LogP contribution in [0.15, 0.2) is 0 Å². The predicted molar refractivity (Wildman–Crippen MR) is 74.1 cm³/mol. The molecular formula is C14H27NS. The van der Waals surface area contributed by atoms with Crippen molar-refractivity contribution in [2.75, 3.05) is 12.3 Å². The van der Waals surface area contributed by atoms with Gasteiger partial charge in [-0.05, 0) is 43.8 Å². The molecule has 0 amide bonds. The van der Waals surface area contributed by atoms with Crippen molar-refractivity contribution in [2.45, 2.75) is 69.6 Å². The zero-order chi connectivity index (χ0) is 11.2. The maximum Gasteiger partial charge on any atom is 0.0172 e. The maximum atomic E-state index is 3.86. The third-order valence-electron chi connectivity index (χ3n) is 4.22. The Morgan fingerprint density at radius 2 is 2.12 bits per heavy atom. The van der Waals surface area contributed by atoms with Gasteiger partial charge in [0.2, 0.25) is 0 Å². The molecule has 0 bridgehead atoms. The minimum Gasteiger partial charge on any atom is -0.313 e. The summed E-state index contributed by atoms with van der Waals surface area (Å²) in [6.45, 7) is 3.59. The first-order valence-corrected chi connectivity index (χ1v) is 8.30. The molecule has 1 aliphatic carbocycles. The summed E-state index contributed by atoms with van der Waals surface area (Å²) in [4.78, 5) is 0. The van der Waals surface area contributed by atoms with Gasteiger partial charge in [0.25, 0.3) is 0 Å². The van der Waals surface area contributed by atoms with Gasteiger partial charge >= 0.3 is 0 Å². The molecule has 94 valence electrons. The fourth-order valence-electron chi connectivity index (χ4n) is 3.21. The topological polar surface area (TPSA) is 12.0 Å². The molecule has 0 spiro atoms. The fourth-order valence-corrected chi connectivity index (χ4v) is 4.42. The van der Waals surface area contributed by atoms with E-state index in [1.54, 1.807) is 0 Å². The molecule has 3 unspecified atom stereocenters. The smallest absolute Gasteiger partial charge is 0.0172 e. The van der Waals surface area contributed by atoms with Gasteiger partial charge in [-0.2, -0.15) is 11.8 Å². The lowest BCUT2D eigenvalue weighted by atomic mass is 9.97. The van der Waals surface area contributed by atoms with E-state index in [0.717, 1.165) is 17.2 Å². The summed E-state index contributed by atoms with van der Waals surface area (Å²) in [5.41, 5.74) is 0. The van der Waals surface area contributed by atoms with Crippen LogP contribution in [-0.4, -0.2) is 23.6 Å². The molecule has 1 heterocycles. The number of unbranched alkanes of at least 4 members (excludes halogenated alkanes) is 1. The predicted octanol–water partition coefficient (Wildman–Crippen LogP) is 3.83. The van der Waals surface area contributed by atoms with Gasteiger partial charge in [0.1, 0.15) is 0 Å². The average molecular weight is 241 g/mol. The molecule has 1 saturated carbocycles. The molecule has 0 radical (unpaired) electrons. The van der Waals surface area contributed by atoms with Crippen molar-refractivity contribution in [3.05, 3.63) is 0 Å². The van der Waals surface area contributed by atoms with Crippen LogP contribution in [0.4, 0.5) is 0 Å². The highest BCUT2D eigenvalue weighted by atomic mass is 32.2. The van der Waals surface area contributed by atoms with Gasteiger partial charge in [-0.15, -0.1) is 0 Å². The van der Waals surface area contributed by atoms with Crippen molar-refractivity contribution >= 4 is 11.8 Å². The summed E-state index contributed by atoms with van der Waals surface area (Å²) in [6, 6.07) is 0.854. The number of rotatable bonds is 6. The highest BCUT2D eigenvalue weighted by molar-refractivity contribution is 8.00. The van der Waals surface area contributed by atoms with Gasteiger partial charge in [-0.1, -0.05) is 26.2 Å². The summed E-state index contributed by atoms with van der Waals surface area (Å²) < 4.78 is 0. The van der Waals surface area contributed by atoms with Crippen LogP contribution in [0, 0.1) is 5.92 Å². The van der Waals surface area contributed by atoms with Gasteiger partial charge in [-0.25, -0.2) is 0 Å². The Hall–Kier alpha value is 0.310. The van der Waals surface area contributed by atoms with E-state index in [0.29, 0.717) is 0 Å². The number of hydrogen-bond donors (Lipinski definition) is 1. The highest BCUT2D eigenvalue weighted by Gasteiger charge is 2.27. The molecule has 0 aromatic rings. The van der Waals surface area contributed by atoms with Crippen molar-refractivity contribution < 1.29 is 0 Å². The Bertz CT molecular complexity index is 189. The molecule has 2 rings (SSSR count). The Morgan fingerprint density at radius 1 is 1.19 bits per heavy atom. The van der Waals surface area contributed by atoms with Gasteiger partial charge in [-0.3, -0.25) is 0 Å². The van der Waals surface area contributed by atoms with Crippen LogP contribution in [0.5, 0.6) is 0 Å². The first-order valence-electron chi connectivity index (χ1n) is 7.25. The summed E-state index contributed by atoms with van der Waals surface area (Å²) in [7, 11) is 0. The molecule has 2 heteroatoms. The maximum absolute atomic E-state index is 3.86. The molecule has 3 atom stereocenters. The van der Waals surface area contributed by atoms with E-state index in [-0.39, 0.29) is 0 Å². The van der Waals surface area contributed by atoms with Crippen LogP contribution >= 0.6 is 11.8 Å². The van der Waals surface area contributed by atoms with E-state index in [9.17, 15) is 0 Å². The fraction of sp³-hybridized carbons (Fsp3) is 1.00. The Kier molecular flexibility index (Phi) is 5.51. The summed E-state index contributed by atoms with van der Waals surface area (Å²) >= 11 is 2.18. The number of thioether (sulfide) groups is 1. The second kappa shape index (κ2) is 6.90. The quantitative estimate of drug-likeness (QED) is 0.758. The largest absolute Gasteiger partial charge is 0.313 e. The standard InChI is InChI=1S/C14H27NS/c1-2-3-6-12-7-4-9-14(12)15-11-13-8-5-10-16-13/h12-15H,2-11H2,1H3. The van der Waals surface area contributed by atoms with Gasteiger partial charge < -0.3 is 5.32 Å². The van der Waals surface area contributed by atoms with Crippen LogP contribution in [0.2, 0.25) is 0 Å². The Morgan fingerprint density at radius 3 is 2.88 bits per heavy atom. The normalized spacial score (nSPS) is 34.7. The van der Waals surface area contributed by atoms with E-state index in [1.165, 1.54) is 63.7 Å². The van der Waals surface area contributed by atoms with Crippen molar-refractivity contribution in [2.24, 2.45) is 5.92 Å². The molecule has 2 fully saturated rings. The zero-order valence-corrected chi connectivity index (χ0v) is 11.5. The van der Waals surface area contributed by atoms with E-state index >= 15 is 0 Å². The van der Waals surface area contributed by atoms with E-state index < -0.39 is 0 Å². The lowest BCUT2D eigenvalue weighted by Gasteiger charge is -2.22. The third kappa shape index (κ3) is 3.66. The van der Waals surface area contributed by atoms with E-state index in [2.05, 4.69) is 24.0 Å². The molecule has 1 nitrogen and oxygen atoms in total. The molecule has 1 N–H and O–H groups in total. The van der Waals surface area contributed by atoms with Crippen LogP contribution in [0.3, 0.4) is 0 Å². The van der Waals surface area contributed by atoms with E-state index in [1.807, 2.05) is 0 Å². The second-order valence-corrected chi connectivity index (χ2v) is 6.89. The molecule has 16 heavy (non-hydrogen) atoms. The van der Waals surface area contributed by atoms with Crippen LogP contribution < -0.4 is 5.32 Å². The minimum absolute atomic E-state index is 0.854. The van der Waals surface area contributed by atoms with Crippen molar-refractivity contribution in [1.82, 2.24) is 5.32 Å². The zero-order valence-electron chi connectivity index (χ0n) is 10.7. The Balaban J connectivity index is 1.66. The minimum atomic E-state index is 0.854. The first kappa shape index (κ1) is 12.8. The van der Waals surface area contributed by atoms with Crippen molar-refractivity contribution in [1.29, 1.82) is 0 Å². The van der Waals surface area contributed by atoms with E-state index in [4.69, 9.17) is 0 Å². The van der Waals surface area contributed by atoms with Crippen LogP contribution in [0.1, 0.15) is 58.3 Å². The lowest BCUT2D eigenvalue weighted by Crippen LogP contribution is -2.36. The average Bonchev–Trinajstić information content (AvgIpc) is 2.94. The van der Waals surface area contributed by atoms with Gasteiger partial charge in [0, 0.05) is 17.8 Å². The van der Waals surface area contributed by atoms with Crippen molar-refractivity contribution in [3.63, 3.8) is 0 Å². The first-order chi connectivity index (χ1) is 7.90. The molecule has 1 aliphatic heterocycles. The highest BCUT2D eigenvalue weighted by Crippen LogP contribution is 2.31. The van der Waals surface area contributed by atoms with Gasteiger partial charge in [0.05, 0.1) is 0 Å². The summed E-state index contributed by atoms with van der Waals surface area (Å²) in [5.74, 6) is 2.39. The number of hydrogen-bond acceptors (Lipinski definition) is 2. The third-order valence-corrected chi connectivity index (χ3v) is 5.62. The summed E-state index contributed by atoms with van der Waals surface area (Å²) in [6.07, 6.45) is 11.5. The van der Waals surface area contributed by atoms with Gasteiger partial charge in [0.15, 0.2) is 0 Å². The molecule has 0 aromatic heterocycles. The van der Waals surface area contributed by atoms with Crippen LogP contribution in [-0.2, 0) is 0 Å². The van der Waals surface area contributed by atoms with Crippen LogP contribution in [0.25, 0.3) is 0 Å². The SMILES string of the molecule is CCCCC1CCCC1NCC1CCCS1. The number of nitrogens with one attached hydrogen (secondary N) is 1. The summed E-state index contributed by atoms with van der Waals surface area (Å²) in [5, 5.41) is 4.79. The Labute approximate surface area is 105 Å². The lowest BCUT2D eigenvalue weighted by molar-refractivity contribution is 0.369. The molecule has 2 aliphatic rings. The monoisotopic (exact) mass is 241 g/mol.